The number of nitrogens with zero attached hydrogens (tertiary/aromatic N) is 1. The van der Waals surface area contributed by atoms with E-state index in [4.69, 9.17) is 4.74 Å². The zero-order valence-electron chi connectivity index (χ0n) is 18.2. The first-order valence-electron chi connectivity index (χ1n) is 11.1. The van der Waals surface area contributed by atoms with Gasteiger partial charge in [0.05, 0.1) is 13.2 Å². The predicted octanol–water partition coefficient (Wildman–Crippen LogP) is 3.39. The van der Waals surface area contributed by atoms with Crippen molar-refractivity contribution in [3.8, 4) is 5.75 Å². The molecular weight excluding hydrogens is 388 g/mol. The van der Waals surface area contributed by atoms with Crippen LogP contribution in [0, 0.1) is 5.92 Å². The molecule has 1 amide bonds. The van der Waals surface area contributed by atoms with E-state index in [0.29, 0.717) is 12.0 Å². The number of methoxy groups -OCH3 is 1. The molecule has 0 radical (unpaired) electrons. The van der Waals surface area contributed by atoms with E-state index in [1.807, 2.05) is 48.5 Å². The summed E-state index contributed by atoms with van der Waals surface area (Å²) < 4.78 is 5.50. The minimum atomic E-state index is -0.492. The Morgan fingerprint density at radius 3 is 2.84 bits per heavy atom. The highest BCUT2D eigenvalue weighted by atomic mass is 16.5. The summed E-state index contributed by atoms with van der Waals surface area (Å²) in [5.41, 5.74) is 1.63. The Kier molecular flexibility index (Phi) is 6.44. The van der Waals surface area contributed by atoms with Gasteiger partial charge in [-0.15, -0.1) is 6.58 Å². The highest BCUT2D eigenvalue weighted by Gasteiger charge is 2.52. The van der Waals surface area contributed by atoms with E-state index >= 15 is 0 Å². The zero-order chi connectivity index (χ0) is 21.8. The molecule has 1 heterocycles. The first-order chi connectivity index (χ1) is 15.1. The molecule has 5 heteroatoms. The summed E-state index contributed by atoms with van der Waals surface area (Å²) >= 11 is 0. The number of likely N-dealkylation sites (tertiary alicyclic amines) is 1. The van der Waals surface area contributed by atoms with Gasteiger partial charge in [0.25, 0.3) is 5.91 Å². The second-order valence-corrected chi connectivity index (χ2v) is 8.84. The van der Waals surface area contributed by atoms with E-state index < -0.39 is 6.10 Å². The molecule has 31 heavy (non-hydrogen) atoms. The lowest BCUT2D eigenvalue weighted by molar-refractivity contribution is -0.0450. The quantitative estimate of drug-likeness (QED) is 0.704. The van der Waals surface area contributed by atoms with Crippen LogP contribution in [0.5, 0.6) is 5.75 Å². The number of benzene rings is 2. The molecule has 0 bridgehead atoms. The molecule has 1 saturated heterocycles. The average molecular weight is 421 g/mol. The van der Waals surface area contributed by atoms with Crippen LogP contribution in [0.3, 0.4) is 0 Å². The SMILES string of the molecule is C=CCN1CCC2(c3cccc(OC)c3)CC(NC(=O)c3ccccc3)CC(O)C2C1. The Bertz CT molecular complexity index is 916. The van der Waals surface area contributed by atoms with Crippen molar-refractivity contribution in [2.45, 2.75) is 36.8 Å². The van der Waals surface area contributed by atoms with Crippen molar-refractivity contribution >= 4 is 5.91 Å². The van der Waals surface area contributed by atoms with Gasteiger partial charge in [-0.25, -0.2) is 0 Å². The van der Waals surface area contributed by atoms with Crippen molar-refractivity contribution in [1.29, 1.82) is 0 Å². The number of rotatable bonds is 6. The summed E-state index contributed by atoms with van der Waals surface area (Å²) in [6, 6.07) is 17.4. The van der Waals surface area contributed by atoms with E-state index in [0.717, 1.165) is 38.2 Å². The van der Waals surface area contributed by atoms with Gasteiger partial charge in [0.15, 0.2) is 0 Å². The summed E-state index contributed by atoms with van der Waals surface area (Å²) in [6.07, 6.45) is 3.73. The van der Waals surface area contributed by atoms with Crippen molar-refractivity contribution < 1.29 is 14.6 Å². The molecule has 2 aromatic carbocycles. The van der Waals surface area contributed by atoms with Crippen LogP contribution in [0.2, 0.25) is 0 Å². The molecule has 4 unspecified atom stereocenters. The van der Waals surface area contributed by atoms with E-state index in [1.165, 1.54) is 5.56 Å². The molecule has 2 N–H and O–H groups in total. The molecule has 5 nitrogen and oxygen atoms in total. The Morgan fingerprint density at radius 1 is 1.29 bits per heavy atom. The minimum Gasteiger partial charge on any atom is -0.497 e. The fourth-order valence-corrected chi connectivity index (χ4v) is 5.54. The molecule has 4 rings (SSSR count). The Labute approximate surface area is 184 Å². The van der Waals surface area contributed by atoms with Crippen molar-refractivity contribution in [3.63, 3.8) is 0 Å². The summed E-state index contributed by atoms with van der Waals surface area (Å²) in [6.45, 7) is 6.47. The molecule has 1 aliphatic carbocycles. The molecule has 0 aromatic heterocycles. The van der Waals surface area contributed by atoms with Crippen molar-refractivity contribution in [2.24, 2.45) is 5.92 Å². The first kappa shape index (κ1) is 21.6. The second-order valence-electron chi connectivity index (χ2n) is 8.84. The molecule has 2 aromatic rings. The van der Waals surface area contributed by atoms with Gasteiger partial charge in [-0.05, 0) is 55.6 Å². The molecule has 4 atom stereocenters. The summed E-state index contributed by atoms with van der Waals surface area (Å²) in [5.74, 6) is 0.836. The van der Waals surface area contributed by atoms with E-state index in [9.17, 15) is 9.90 Å². The maximum Gasteiger partial charge on any atom is 0.251 e. The molecule has 2 fully saturated rings. The van der Waals surface area contributed by atoms with Gasteiger partial charge in [-0.3, -0.25) is 9.69 Å². The van der Waals surface area contributed by atoms with Crippen molar-refractivity contribution in [2.75, 3.05) is 26.7 Å². The molecule has 164 valence electrons. The third kappa shape index (κ3) is 4.39. The van der Waals surface area contributed by atoms with Crippen LogP contribution in [0.25, 0.3) is 0 Å². The fourth-order valence-electron chi connectivity index (χ4n) is 5.54. The van der Waals surface area contributed by atoms with E-state index in [-0.39, 0.29) is 23.3 Å². The number of carbonyl (C=O) groups excluding carboxylic acids is 1. The first-order valence-corrected chi connectivity index (χ1v) is 11.1. The van der Waals surface area contributed by atoms with E-state index in [1.54, 1.807) is 7.11 Å². The Morgan fingerprint density at radius 2 is 2.10 bits per heavy atom. The maximum absolute atomic E-state index is 12.8. The van der Waals surface area contributed by atoms with Crippen LogP contribution >= 0.6 is 0 Å². The number of ether oxygens (including phenoxy) is 1. The zero-order valence-corrected chi connectivity index (χ0v) is 18.2. The van der Waals surface area contributed by atoms with Crippen molar-refractivity contribution in [3.05, 3.63) is 78.4 Å². The number of aliphatic hydroxyl groups is 1. The molecule has 2 aliphatic rings. The monoisotopic (exact) mass is 420 g/mol. The van der Waals surface area contributed by atoms with Crippen LogP contribution in [0.15, 0.2) is 67.3 Å². The molecule has 1 saturated carbocycles. The molecule has 1 aliphatic heterocycles. The average Bonchev–Trinajstić information content (AvgIpc) is 2.80. The number of carbonyl (C=O) groups is 1. The number of aliphatic hydroxyl groups excluding tert-OH is 1. The number of amides is 1. The summed E-state index contributed by atoms with van der Waals surface area (Å²) in [4.78, 5) is 15.2. The second kappa shape index (κ2) is 9.25. The third-order valence-corrected chi connectivity index (χ3v) is 7.04. The lowest BCUT2D eigenvalue weighted by Crippen LogP contribution is -2.61. The Balaban J connectivity index is 1.64. The lowest BCUT2D eigenvalue weighted by atomic mass is 9.57. The van der Waals surface area contributed by atoms with Crippen LogP contribution in [-0.2, 0) is 5.41 Å². The van der Waals surface area contributed by atoms with Gasteiger partial charge in [0.1, 0.15) is 5.75 Å². The third-order valence-electron chi connectivity index (χ3n) is 7.04. The van der Waals surface area contributed by atoms with E-state index in [2.05, 4.69) is 28.9 Å². The molecular formula is C26H32N2O3. The van der Waals surface area contributed by atoms with Crippen LogP contribution in [0.4, 0.5) is 0 Å². The molecule has 0 spiro atoms. The van der Waals surface area contributed by atoms with Crippen LogP contribution in [0.1, 0.15) is 35.2 Å². The number of nitrogens with one attached hydrogen (secondary N) is 1. The Hall–Kier alpha value is -2.63. The maximum atomic E-state index is 12.8. The van der Waals surface area contributed by atoms with Gasteiger partial charge >= 0.3 is 0 Å². The standard InChI is InChI=1S/C26H32N2O3/c1-3-13-28-14-12-26(20-10-7-11-22(15-20)31-2)17-21(16-24(29)23(26)18-28)27-25(30)19-8-5-4-6-9-19/h3-11,15,21,23-24,29H,1,12-14,16-18H2,2H3,(H,27,30). The van der Waals surface area contributed by atoms with Crippen LogP contribution in [-0.4, -0.2) is 54.8 Å². The highest BCUT2D eigenvalue weighted by molar-refractivity contribution is 5.94. The lowest BCUT2D eigenvalue weighted by Gasteiger charge is -2.54. The smallest absolute Gasteiger partial charge is 0.251 e. The summed E-state index contributed by atoms with van der Waals surface area (Å²) in [7, 11) is 1.68. The topological polar surface area (TPSA) is 61.8 Å². The van der Waals surface area contributed by atoms with Crippen molar-refractivity contribution in [1.82, 2.24) is 10.2 Å². The number of hydrogen-bond donors (Lipinski definition) is 2. The predicted molar refractivity (Wildman–Crippen MR) is 122 cm³/mol. The van der Waals surface area contributed by atoms with Gasteiger partial charge in [-0.1, -0.05) is 36.4 Å². The summed E-state index contributed by atoms with van der Waals surface area (Å²) in [5, 5.41) is 14.5. The number of piperidine rings is 1. The van der Waals surface area contributed by atoms with Gasteiger partial charge < -0.3 is 15.2 Å². The van der Waals surface area contributed by atoms with Gasteiger partial charge in [-0.2, -0.15) is 0 Å². The highest BCUT2D eigenvalue weighted by Crippen LogP contribution is 2.49. The largest absolute Gasteiger partial charge is 0.497 e. The van der Waals surface area contributed by atoms with Gasteiger partial charge in [0.2, 0.25) is 0 Å². The van der Waals surface area contributed by atoms with Crippen LogP contribution < -0.4 is 10.1 Å². The van der Waals surface area contributed by atoms with Gasteiger partial charge in [0, 0.05) is 36.0 Å². The number of fused-ring (bicyclic) bond motifs is 1. The number of hydrogen-bond acceptors (Lipinski definition) is 4. The fraction of sp³-hybridized carbons (Fsp3) is 0.423. The normalized spacial score (nSPS) is 28.4. The minimum absolute atomic E-state index is 0.0823.